The molecular formula is C16H25ClN3O4S-. The van der Waals surface area contributed by atoms with Gasteiger partial charge in [-0.3, -0.25) is 4.79 Å². The van der Waals surface area contributed by atoms with Crippen molar-refractivity contribution in [1.29, 1.82) is 0 Å². The summed E-state index contributed by atoms with van der Waals surface area (Å²) in [6.07, 6.45) is 1.06. The van der Waals surface area contributed by atoms with Gasteiger partial charge in [0.15, 0.2) is 0 Å². The minimum absolute atomic E-state index is 0. The van der Waals surface area contributed by atoms with Crippen molar-refractivity contribution >= 4 is 21.6 Å². The molecule has 9 heteroatoms. The van der Waals surface area contributed by atoms with Crippen LogP contribution in [0.2, 0.25) is 0 Å². The van der Waals surface area contributed by atoms with Crippen LogP contribution in [0.1, 0.15) is 20.3 Å². The predicted molar refractivity (Wildman–Crippen MR) is 92.8 cm³/mol. The van der Waals surface area contributed by atoms with Crippen molar-refractivity contribution in [2.75, 3.05) is 45.2 Å². The molecule has 2 rings (SSSR count). The standard InChI is InChI=1S/C16H25N3O4S.ClH/c1-4-7-18-8-10-19(11-9-18)24(21,22)14-5-6-16(23-3)15(12-14)17-13(2)20;/h5-6,12H,4,7-11H2,1-3H3,(H,17,20);1H/p-1. The van der Waals surface area contributed by atoms with E-state index < -0.39 is 10.0 Å². The number of methoxy groups -OCH3 is 1. The maximum absolute atomic E-state index is 12.8. The number of ether oxygens (including phenoxy) is 1. The van der Waals surface area contributed by atoms with E-state index in [1.54, 1.807) is 6.07 Å². The topological polar surface area (TPSA) is 79.0 Å². The van der Waals surface area contributed by atoms with Crippen LogP contribution in [0.3, 0.4) is 0 Å². The van der Waals surface area contributed by atoms with Gasteiger partial charge in [-0.1, -0.05) is 6.92 Å². The zero-order valence-electron chi connectivity index (χ0n) is 14.8. The van der Waals surface area contributed by atoms with Gasteiger partial charge in [-0.25, -0.2) is 8.42 Å². The number of hydrogen-bond acceptors (Lipinski definition) is 5. The van der Waals surface area contributed by atoms with Crippen LogP contribution in [0.25, 0.3) is 0 Å². The first-order valence-corrected chi connectivity index (χ1v) is 9.50. The van der Waals surface area contributed by atoms with E-state index >= 15 is 0 Å². The smallest absolute Gasteiger partial charge is 0.243 e. The van der Waals surface area contributed by atoms with Gasteiger partial charge >= 0.3 is 0 Å². The van der Waals surface area contributed by atoms with E-state index in [-0.39, 0.29) is 23.2 Å². The van der Waals surface area contributed by atoms with E-state index in [2.05, 4.69) is 17.1 Å². The van der Waals surface area contributed by atoms with Gasteiger partial charge < -0.3 is 27.4 Å². The van der Waals surface area contributed by atoms with E-state index in [0.717, 1.165) is 26.1 Å². The molecule has 1 aromatic carbocycles. The Bertz CT molecular complexity index is 689. The van der Waals surface area contributed by atoms with Gasteiger partial charge in [0.1, 0.15) is 5.75 Å². The largest absolute Gasteiger partial charge is 1.00 e. The Hall–Kier alpha value is -1.35. The number of piperazine rings is 1. The highest BCUT2D eigenvalue weighted by Crippen LogP contribution is 2.29. The molecule has 0 saturated carbocycles. The molecule has 0 bridgehead atoms. The average Bonchev–Trinajstić information content (AvgIpc) is 2.55. The molecule has 0 spiro atoms. The number of anilines is 1. The van der Waals surface area contributed by atoms with Crippen molar-refractivity contribution in [3.63, 3.8) is 0 Å². The van der Waals surface area contributed by atoms with Crippen molar-refractivity contribution < 1.29 is 30.4 Å². The van der Waals surface area contributed by atoms with Crippen LogP contribution in [0.4, 0.5) is 5.69 Å². The maximum Gasteiger partial charge on any atom is 0.243 e. The normalized spacial score (nSPS) is 16.1. The van der Waals surface area contributed by atoms with Gasteiger partial charge in [-0.15, -0.1) is 0 Å². The summed E-state index contributed by atoms with van der Waals surface area (Å²) in [7, 11) is -2.11. The summed E-state index contributed by atoms with van der Waals surface area (Å²) >= 11 is 0. The van der Waals surface area contributed by atoms with E-state index in [1.807, 2.05) is 0 Å². The van der Waals surface area contributed by atoms with Crippen LogP contribution in [-0.2, 0) is 14.8 Å². The number of nitrogens with zero attached hydrogens (tertiary/aromatic N) is 2. The second-order valence-electron chi connectivity index (χ2n) is 5.79. The molecular weight excluding hydrogens is 366 g/mol. The number of carbonyl (C=O) groups is 1. The Morgan fingerprint density at radius 3 is 2.40 bits per heavy atom. The summed E-state index contributed by atoms with van der Waals surface area (Å²) < 4.78 is 32.4. The number of amides is 1. The number of sulfonamides is 1. The van der Waals surface area contributed by atoms with Gasteiger partial charge in [-0.05, 0) is 31.2 Å². The first-order valence-electron chi connectivity index (χ1n) is 8.06. The van der Waals surface area contributed by atoms with Gasteiger partial charge in [-0.2, -0.15) is 4.31 Å². The summed E-state index contributed by atoms with van der Waals surface area (Å²) in [4.78, 5) is 13.7. The van der Waals surface area contributed by atoms with Gasteiger partial charge in [0.05, 0.1) is 17.7 Å². The van der Waals surface area contributed by atoms with Crippen LogP contribution in [-0.4, -0.2) is 63.4 Å². The molecule has 1 aliphatic rings. The Balaban J connectivity index is 0.00000312. The lowest BCUT2D eigenvalue weighted by Crippen LogP contribution is -3.00. The molecule has 1 N–H and O–H groups in total. The van der Waals surface area contributed by atoms with E-state index in [9.17, 15) is 13.2 Å². The van der Waals surface area contributed by atoms with Crippen molar-refractivity contribution in [3.8, 4) is 5.75 Å². The average molecular weight is 391 g/mol. The highest BCUT2D eigenvalue weighted by Gasteiger charge is 2.28. The lowest BCUT2D eigenvalue weighted by molar-refractivity contribution is -0.114. The second-order valence-corrected chi connectivity index (χ2v) is 7.73. The Labute approximate surface area is 155 Å². The number of benzene rings is 1. The third-order valence-electron chi connectivity index (χ3n) is 3.99. The van der Waals surface area contributed by atoms with Gasteiger partial charge in [0, 0.05) is 33.1 Å². The molecule has 1 saturated heterocycles. The highest BCUT2D eigenvalue weighted by atomic mass is 35.5. The lowest BCUT2D eigenvalue weighted by Gasteiger charge is -2.33. The fraction of sp³-hybridized carbons (Fsp3) is 0.562. The molecule has 1 amide bonds. The molecule has 0 aromatic heterocycles. The number of rotatable bonds is 6. The molecule has 0 radical (unpaired) electrons. The van der Waals surface area contributed by atoms with Crippen LogP contribution in [0.15, 0.2) is 23.1 Å². The number of halogens is 1. The highest BCUT2D eigenvalue weighted by molar-refractivity contribution is 7.89. The quantitative estimate of drug-likeness (QED) is 0.631. The monoisotopic (exact) mass is 390 g/mol. The second kappa shape index (κ2) is 9.38. The van der Waals surface area contributed by atoms with Gasteiger partial charge in [0.2, 0.25) is 15.9 Å². The third kappa shape index (κ3) is 5.31. The summed E-state index contributed by atoms with van der Waals surface area (Å²) in [5.74, 6) is 0.146. The zero-order valence-corrected chi connectivity index (χ0v) is 16.4. The minimum atomic E-state index is -3.58. The van der Waals surface area contributed by atoms with E-state index in [4.69, 9.17) is 4.74 Å². The molecule has 0 atom stereocenters. The van der Waals surface area contributed by atoms with Crippen molar-refractivity contribution in [2.45, 2.75) is 25.2 Å². The zero-order chi connectivity index (χ0) is 17.7. The molecule has 25 heavy (non-hydrogen) atoms. The lowest BCUT2D eigenvalue weighted by atomic mass is 10.3. The first-order chi connectivity index (χ1) is 11.4. The minimum Gasteiger partial charge on any atom is -1.00 e. The van der Waals surface area contributed by atoms with Gasteiger partial charge in [0.25, 0.3) is 0 Å². The predicted octanol–water partition coefficient (Wildman–Crippen LogP) is -1.63. The molecule has 1 fully saturated rings. The molecule has 1 aliphatic heterocycles. The summed E-state index contributed by atoms with van der Waals surface area (Å²) in [5, 5.41) is 2.61. The Morgan fingerprint density at radius 1 is 1.24 bits per heavy atom. The summed E-state index contributed by atoms with van der Waals surface area (Å²) in [5.41, 5.74) is 0.357. The molecule has 7 nitrogen and oxygen atoms in total. The fourth-order valence-corrected chi connectivity index (χ4v) is 4.24. The van der Waals surface area contributed by atoms with Crippen molar-refractivity contribution in [3.05, 3.63) is 18.2 Å². The van der Waals surface area contributed by atoms with E-state index in [0.29, 0.717) is 24.5 Å². The Morgan fingerprint density at radius 2 is 1.88 bits per heavy atom. The molecule has 1 aromatic rings. The SMILES string of the molecule is CCCN1CCN(S(=O)(=O)c2ccc(OC)c(NC(C)=O)c2)CC1.[Cl-]. The number of nitrogens with one attached hydrogen (secondary N) is 1. The number of carbonyl (C=O) groups excluding carboxylic acids is 1. The van der Waals surface area contributed by atoms with Crippen LogP contribution < -0.4 is 22.5 Å². The first kappa shape index (κ1) is 21.7. The Kier molecular flexibility index (Phi) is 8.14. The maximum atomic E-state index is 12.8. The van der Waals surface area contributed by atoms with Crippen LogP contribution >= 0.6 is 0 Å². The molecule has 0 unspecified atom stereocenters. The van der Waals surface area contributed by atoms with E-state index in [1.165, 1.54) is 30.5 Å². The summed E-state index contributed by atoms with van der Waals surface area (Å²) in [6.45, 7) is 6.90. The van der Waals surface area contributed by atoms with Crippen molar-refractivity contribution in [2.24, 2.45) is 0 Å². The third-order valence-corrected chi connectivity index (χ3v) is 5.89. The molecule has 142 valence electrons. The van der Waals surface area contributed by atoms with Crippen molar-refractivity contribution in [1.82, 2.24) is 9.21 Å². The molecule has 1 heterocycles. The summed E-state index contributed by atoms with van der Waals surface area (Å²) in [6, 6.07) is 4.53. The van der Waals surface area contributed by atoms with Crippen LogP contribution in [0, 0.1) is 0 Å². The molecule has 0 aliphatic carbocycles. The van der Waals surface area contributed by atoms with Crippen LogP contribution in [0.5, 0.6) is 5.75 Å². The fourth-order valence-electron chi connectivity index (χ4n) is 2.79. The number of hydrogen-bond donors (Lipinski definition) is 1.